The summed E-state index contributed by atoms with van der Waals surface area (Å²) < 4.78 is 24.0. The van der Waals surface area contributed by atoms with Gasteiger partial charge in [-0.15, -0.1) is 0 Å². The molecule has 0 heterocycles. The minimum absolute atomic E-state index is 0.0574. The Morgan fingerprint density at radius 3 is 2.47 bits per heavy atom. The van der Waals surface area contributed by atoms with E-state index in [-0.39, 0.29) is 5.75 Å². The van der Waals surface area contributed by atoms with Gasteiger partial charge in [0.2, 0.25) is 0 Å². The molecular weight excluding hydrogens is 232 g/mol. The van der Waals surface area contributed by atoms with E-state index >= 15 is 0 Å². The van der Waals surface area contributed by atoms with Crippen molar-refractivity contribution < 1.29 is 8.42 Å². The molecule has 88 valence electrons. The van der Waals surface area contributed by atoms with Gasteiger partial charge >= 0.3 is 0 Å². The van der Waals surface area contributed by atoms with Crippen molar-refractivity contribution in [3.63, 3.8) is 0 Å². The lowest BCUT2D eigenvalue weighted by Crippen LogP contribution is -2.04. The van der Waals surface area contributed by atoms with Crippen LogP contribution in [-0.4, -0.2) is 14.2 Å². The molecule has 3 heteroatoms. The average Bonchev–Trinajstić information content (AvgIpc) is 2.36. The monoisotopic (exact) mass is 246 g/mol. The number of hydrogen-bond acceptors (Lipinski definition) is 2. The van der Waals surface area contributed by atoms with Gasteiger partial charge in [0.1, 0.15) is 0 Å². The van der Waals surface area contributed by atoms with E-state index in [1.807, 2.05) is 37.3 Å². The van der Waals surface area contributed by atoms with Crippen LogP contribution in [0.2, 0.25) is 0 Å². The molecule has 0 bridgehead atoms. The van der Waals surface area contributed by atoms with Crippen LogP contribution in [0.15, 0.2) is 59.5 Å². The van der Waals surface area contributed by atoms with Crippen molar-refractivity contribution in [2.75, 3.05) is 5.75 Å². The molecule has 2 rings (SSSR count). The molecule has 0 aliphatic carbocycles. The van der Waals surface area contributed by atoms with E-state index in [0.29, 0.717) is 4.90 Å². The number of sulfone groups is 1. The van der Waals surface area contributed by atoms with E-state index in [9.17, 15) is 8.42 Å². The van der Waals surface area contributed by atoms with Crippen LogP contribution in [-0.2, 0) is 9.84 Å². The van der Waals surface area contributed by atoms with Crippen molar-refractivity contribution in [1.82, 2.24) is 0 Å². The molecule has 2 nitrogen and oxygen atoms in total. The quantitative estimate of drug-likeness (QED) is 0.779. The maximum Gasteiger partial charge on any atom is 0.181 e. The first-order chi connectivity index (χ1) is 8.13. The first kappa shape index (κ1) is 11.9. The van der Waals surface area contributed by atoms with Crippen LogP contribution in [0.1, 0.15) is 6.92 Å². The van der Waals surface area contributed by atoms with Crippen molar-refractivity contribution in [1.29, 1.82) is 0 Å². The third kappa shape index (κ3) is 2.56. The van der Waals surface area contributed by atoms with Crippen LogP contribution in [0.5, 0.6) is 0 Å². The summed E-state index contributed by atoms with van der Waals surface area (Å²) >= 11 is 0. The SMILES string of the molecule is CC=CCS(=O)(=O)c1ccc2ccccc2c1. The molecule has 0 amide bonds. The summed E-state index contributed by atoms with van der Waals surface area (Å²) in [6.45, 7) is 1.82. The Kier molecular flexibility index (Phi) is 3.29. The third-order valence-electron chi connectivity index (χ3n) is 2.63. The molecule has 0 aliphatic rings. The fourth-order valence-corrected chi connectivity index (χ4v) is 2.90. The van der Waals surface area contributed by atoms with E-state index in [4.69, 9.17) is 0 Å². The third-order valence-corrected chi connectivity index (χ3v) is 4.23. The highest BCUT2D eigenvalue weighted by Gasteiger charge is 2.12. The topological polar surface area (TPSA) is 34.1 Å². The molecule has 0 atom stereocenters. The maximum absolute atomic E-state index is 12.0. The van der Waals surface area contributed by atoms with Crippen molar-refractivity contribution in [2.45, 2.75) is 11.8 Å². The zero-order valence-corrected chi connectivity index (χ0v) is 10.4. The Morgan fingerprint density at radius 2 is 1.76 bits per heavy atom. The molecule has 0 aromatic heterocycles. The molecule has 0 fully saturated rings. The van der Waals surface area contributed by atoms with Crippen LogP contribution < -0.4 is 0 Å². The number of rotatable bonds is 3. The Morgan fingerprint density at radius 1 is 1.06 bits per heavy atom. The van der Waals surface area contributed by atoms with Gasteiger partial charge in [-0.25, -0.2) is 8.42 Å². The van der Waals surface area contributed by atoms with Gasteiger partial charge in [-0.2, -0.15) is 0 Å². The number of hydrogen-bond donors (Lipinski definition) is 0. The number of allylic oxidation sites excluding steroid dienone is 1. The van der Waals surface area contributed by atoms with E-state index in [1.165, 1.54) is 0 Å². The Bertz CT molecular complexity index is 655. The first-order valence-electron chi connectivity index (χ1n) is 5.46. The smallest absolute Gasteiger partial charge is 0.181 e. The van der Waals surface area contributed by atoms with Crippen molar-refractivity contribution in [2.24, 2.45) is 0 Å². The number of fused-ring (bicyclic) bond motifs is 1. The van der Waals surface area contributed by atoms with E-state index in [0.717, 1.165) is 10.8 Å². The Labute approximate surface area is 102 Å². The molecule has 0 radical (unpaired) electrons. The average molecular weight is 246 g/mol. The molecule has 2 aromatic carbocycles. The summed E-state index contributed by atoms with van der Waals surface area (Å²) in [5.74, 6) is 0.0574. The van der Waals surface area contributed by atoms with E-state index in [2.05, 4.69) is 0 Å². The standard InChI is InChI=1S/C14H14O2S/c1-2-3-10-17(15,16)14-9-8-12-6-4-5-7-13(12)11-14/h2-9,11H,10H2,1H3. The van der Waals surface area contributed by atoms with Crippen molar-refractivity contribution in [3.8, 4) is 0 Å². The van der Waals surface area contributed by atoms with Gasteiger partial charge in [0, 0.05) is 0 Å². The van der Waals surface area contributed by atoms with Crippen LogP contribution in [0, 0.1) is 0 Å². The molecule has 2 aromatic rings. The summed E-state index contributed by atoms with van der Waals surface area (Å²) in [7, 11) is -3.20. The second-order valence-corrected chi connectivity index (χ2v) is 5.89. The predicted molar refractivity (Wildman–Crippen MR) is 70.8 cm³/mol. The molecule has 0 saturated carbocycles. The second-order valence-electron chi connectivity index (χ2n) is 3.86. The van der Waals surface area contributed by atoms with Crippen molar-refractivity contribution in [3.05, 3.63) is 54.6 Å². The van der Waals surface area contributed by atoms with Crippen LogP contribution in [0.4, 0.5) is 0 Å². The molecule has 17 heavy (non-hydrogen) atoms. The molecule has 0 unspecified atom stereocenters. The van der Waals surface area contributed by atoms with Gasteiger partial charge in [-0.3, -0.25) is 0 Å². The zero-order chi connectivity index (χ0) is 12.3. The summed E-state index contributed by atoms with van der Waals surface area (Å²) in [5.41, 5.74) is 0. The van der Waals surface area contributed by atoms with Crippen LogP contribution in [0.25, 0.3) is 10.8 Å². The van der Waals surface area contributed by atoms with Gasteiger partial charge in [-0.1, -0.05) is 42.5 Å². The maximum atomic E-state index is 12.0. The van der Waals surface area contributed by atoms with Gasteiger partial charge in [0.15, 0.2) is 9.84 Å². The highest BCUT2D eigenvalue weighted by atomic mass is 32.2. The fourth-order valence-electron chi connectivity index (χ4n) is 1.68. The van der Waals surface area contributed by atoms with Crippen molar-refractivity contribution >= 4 is 20.6 Å². The molecule has 0 N–H and O–H groups in total. The molecule has 0 spiro atoms. The van der Waals surface area contributed by atoms with Crippen LogP contribution in [0.3, 0.4) is 0 Å². The van der Waals surface area contributed by atoms with E-state index < -0.39 is 9.84 Å². The molecule has 0 saturated heterocycles. The predicted octanol–water partition coefficient (Wildman–Crippen LogP) is 3.19. The first-order valence-corrected chi connectivity index (χ1v) is 7.11. The van der Waals surface area contributed by atoms with Gasteiger partial charge in [-0.05, 0) is 29.8 Å². The van der Waals surface area contributed by atoms with Crippen LogP contribution >= 0.6 is 0 Å². The summed E-state index contributed by atoms with van der Waals surface area (Å²) in [5, 5.41) is 2.01. The molecular formula is C14H14O2S. The number of benzene rings is 2. The summed E-state index contributed by atoms with van der Waals surface area (Å²) in [6.07, 6.45) is 3.41. The zero-order valence-electron chi connectivity index (χ0n) is 9.63. The minimum Gasteiger partial charge on any atom is -0.223 e. The highest BCUT2D eigenvalue weighted by molar-refractivity contribution is 7.91. The second kappa shape index (κ2) is 4.72. The lowest BCUT2D eigenvalue weighted by molar-refractivity contribution is 0.599. The Balaban J connectivity index is 2.49. The fraction of sp³-hybridized carbons (Fsp3) is 0.143. The largest absolute Gasteiger partial charge is 0.223 e. The normalized spacial score (nSPS) is 12.3. The lowest BCUT2D eigenvalue weighted by Gasteiger charge is -2.03. The minimum atomic E-state index is -3.20. The highest BCUT2D eigenvalue weighted by Crippen LogP contribution is 2.19. The summed E-state index contributed by atoms with van der Waals surface area (Å²) in [6, 6.07) is 13.0. The van der Waals surface area contributed by atoms with E-state index in [1.54, 1.807) is 24.3 Å². The van der Waals surface area contributed by atoms with Gasteiger partial charge < -0.3 is 0 Å². The Hall–Kier alpha value is -1.61. The summed E-state index contributed by atoms with van der Waals surface area (Å²) in [4.78, 5) is 0.384. The molecule has 0 aliphatic heterocycles. The van der Waals surface area contributed by atoms with Gasteiger partial charge in [0.25, 0.3) is 0 Å². The van der Waals surface area contributed by atoms with Gasteiger partial charge in [0.05, 0.1) is 10.6 Å². The lowest BCUT2D eigenvalue weighted by atomic mass is 10.1.